The predicted octanol–water partition coefficient (Wildman–Crippen LogP) is 1.64. The van der Waals surface area contributed by atoms with Gasteiger partial charge in [-0.3, -0.25) is 14.4 Å². The van der Waals surface area contributed by atoms with Gasteiger partial charge in [0.2, 0.25) is 0 Å². The molecule has 3 heterocycles. The number of aliphatic hydroxyl groups excluding tert-OH is 1. The third kappa shape index (κ3) is 3.34. The highest BCUT2D eigenvalue weighted by Crippen LogP contribution is 2.63. The first-order valence-corrected chi connectivity index (χ1v) is 12.1. The van der Waals surface area contributed by atoms with Crippen molar-refractivity contribution in [3.8, 4) is 0 Å². The number of aliphatic hydroxyl groups is 2. The minimum Gasteiger partial charge on any atom is -0.462 e. The van der Waals surface area contributed by atoms with Crippen molar-refractivity contribution in [1.82, 2.24) is 0 Å². The van der Waals surface area contributed by atoms with E-state index in [9.17, 15) is 24.6 Å². The molecule has 190 valence electrons. The average Bonchev–Trinajstić information content (AvgIpc) is 2.96. The van der Waals surface area contributed by atoms with Crippen LogP contribution in [0.3, 0.4) is 0 Å². The van der Waals surface area contributed by atoms with E-state index in [-0.39, 0.29) is 6.42 Å². The van der Waals surface area contributed by atoms with Crippen LogP contribution >= 0.6 is 11.6 Å². The second kappa shape index (κ2) is 8.18. The van der Waals surface area contributed by atoms with Crippen LogP contribution in [0.4, 0.5) is 0 Å². The van der Waals surface area contributed by atoms with Crippen molar-refractivity contribution in [2.75, 3.05) is 0 Å². The summed E-state index contributed by atoms with van der Waals surface area (Å²) in [6.07, 6.45) is -4.29. The number of esters is 3. The first kappa shape index (κ1) is 25.4. The molecule has 1 aliphatic carbocycles. The van der Waals surface area contributed by atoms with Crippen LogP contribution in [0, 0.1) is 17.3 Å². The maximum atomic E-state index is 12.9. The molecule has 3 saturated heterocycles. The maximum absolute atomic E-state index is 12.9. The first-order chi connectivity index (χ1) is 15.7. The lowest BCUT2D eigenvalue weighted by molar-refractivity contribution is -0.355. The van der Waals surface area contributed by atoms with Gasteiger partial charge in [0.05, 0.1) is 29.1 Å². The molecule has 2 N–H and O–H groups in total. The van der Waals surface area contributed by atoms with E-state index in [0.29, 0.717) is 18.4 Å². The molecular weight excluding hydrogens is 468 g/mol. The van der Waals surface area contributed by atoms with Gasteiger partial charge in [0.15, 0.2) is 11.7 Å². The first-order valence-electron chi connectivity index (χ1n) is 11.6. The second-order valence-electron chi connectivity index (χ2n) is 10.6. The Morgan fingerprint density at radius 3 is 2.41 bits per heavy atom. The molecule has 0 unspecified atom stereocenters. The van der Waals surface area contributed by atoms with Crippen LogP contribution in [-0.4, -0.2) is 75.2 Å². The molecule has 11 atom stereocenters. The summed E-state index contributed by atoms with van der Waals surface area (Å²) in [5, 5.41) is 21.9. The van der Waals surface area contributed by atoms with Crippen LogP contribution in [0.1, 0.15) is 53.9 Å². The van der Waals surface area contributed by atoms with Crippen molar-refractivity contribution in [2.24, 2.45) is 17.3 Å². The van der Waals surface area contributed by atoms with Crippen LogP contribution in [0.15, 0.2) is 12.2 Å². The number of halogens is 1. The SMILES string of the molecule is C=C1CC[C@H]2O[C@@]3([C@H](OC(C)=O)[C@H]4[C@](C)(O)[C@H](O)C[C@H](OC(C)=O)[C@@]24C)[C@@H](C)C(=O)O[C@H]3[C@H]1Cl. The number of alkyl halides is 1. The molecule has 4 aliphatic rings. The molecule has 34 heavy (non-hydrogen) atoms. The van der Waals surface area contributed by atoms with Gasteiger partial charge in [0.1, 0.15) is 12.2 Å². The normalized spacial score (nSPS) is 50.2. The minimum atomic E-state index is -1.78. The van der Waals surface area contributed by atoms with Gasteiger partial charge < -0.3 is 29.2 Å². The van der Waals surface area contributed by atoms with E-state index in [1.807, 2.05) is 0 Å². The van der Waals surface area contributed by atoms with Gasteiger partial charge in [-0.05, 0) is 26.7 Å². The molecule has 0 aromatic heterocycles. The molecule has 0 radical (unpaired) electrons. The maximum Gasteiger partial charge on any atom is 0.312 e. The summed E-state index contributed by atoms with van der Waals surface area (Å²) in [5.74, 6) is -3.67. The van der Waals surface area contributed by atoms with Crippen LogP contribution in [-0.2, 0) is 33.3 Å². The van der Waals surface area contributed by atoms with Crippen LogP contribution < -0.4 is 0 Å². The molecule has 4 fully saturated rings. The summed E-state index contributed by atoms with van der Waals surface area (Å²) in [4.78, 5) is 37.3. The zero-order valence-corrected chi connectivity index (χ0v) is 20.8. The van der Waals surface area contributed by atoms with E-state index in [1.165, 1.54) is 20.8 Å². The molecular formula is C24H33ClO9. The van der Waals surface area contributed by atoms with Gasteiger partial charge in [-0.1, -0.05) is 19.1 Å². The lowest BCUT2D eigenvalue weighted by Gasteiger charge is -2.66. The average molecular weight is 501 g/mol. The van der Waals surface area contributed by atoms with Gasteiger partial charge in [-0.25, -0.2) is 0 Å². The fourth-order valence-electron chi connectivity index (χ4n) is 6.84. The van der Waals surface area contributed by atoms with Crippen LogP contribution in [0.25, 0.3) is 0 Å². The highest BCUT2D eigenvalue weighted by molar-refractivity contribution is 6.23. The summed E-state index contributed by atoms with van der Waals surface area (Å²) in [6, 6.07) is 0. The number of ether oxygens (including phenoxy) is 4. The topological polar surface area (TPSA) is 129 Å². The highest BCUT2D eigenvalue weighted by atomic mass is 35.5. The highest BCUT2D eigenvalue weighted by Gasteiger charge is 2.78. The number of hydrogen-bond acceptors (Lipinski definition) is 9. The van der Waals surface area contributed by atoms with E-state index in [1.54, 1.807) is 13.8 Å². The van der Waals surface area contributed by atoms with Gasteiger partial charge in [-0.2, -0.15) is 0 Å². The van der Waals surface area contributed by atoms with Gasteiger partial charge in [0.25, 0.3) is 0 Å². The second-order valence-corrected chi connectivity index (χ2v) is 11.1. The largest absolute Gasteiger partial charge is 0.462 e. The van der Waals surface area contributed by atoms with Crippen molar-refractivity contribution in [2.45, 2.75) is 101 Å². The minimum absolute atomic E-state index is 0.0350. The van der Waals surface area contributed by atoms with E-state index in [0.717, 1.165) is 0 Å². The Morgan fingerprint density at radius 2 is 1.82 bits per heavy atom. The van der Waals surface area contributed by atoms with Crippen molar-refractivity contribution < 1.29 is 43.5 Å². The zero-order valence-electron chi connectivity index (χ0n) is 20.1. The van der Waals surface area contributed by atoms with E-state index >= 15 is 0 Å². The number of carbonyl (C=O) groups is 3. The molecule has 9 nitrogen and oxygen atoms in total. The Morgan fingerprint density at radius 1 is 1.21 bits per heavy atom. The molecule has 3 aliphatic heterocycles. The fourth-order valence-corrected chi connectivity index (χ4v) is 7.20. The quantitative estimate of drug-likeness (QED) is 0.251. The monoisotopic (exact) mass is 500 g/mol. The van der Waals surface area contributed by atoms with E-state index in [2.05, 4.69) is 6.58 Å². The number of rotatable bonds is 2. The van der Waals surface area contributed by atoms with Crippen molar-refractivity contribution >= 4 is 29.5 Å². The lowest BCUT2D eigenvalue weighted by atomic mass is 9.49. The molecule has 4 rings (SSSR count). The van der Waals surface area contributed by atoms with Gasteiger partial charge in [-0.15, -0.1) is 11.6 Å². The van der Waals surface area contributed by atoms with Crippen LogP contribution in [0.2, 0.25) is 0 Å². The fraction of sp³-hybridized carbons (Fsp3) is 0.792. The number of hydrogen-bond donors (Lipinski definition) is 2. The molecule has 2 bridgehead atoms. The van der Waals surface area contributed by atoms with Crippen molar-refractivity contribution in [1.29, 1.82) is 0 Å². The Bertz CT molecular complexity index is 918. The summed E-state index contributed by atoms with van der Waals surface area (Å²) >= 11 is 6.75. The third-order valence-corrected chi connectivity index (χ3v) is 9.13. The van der Waals surface area contributed by atoms with Gasteiger partial charge in [0, 0.05) is 31.6 Å². The molecule has 0 amide bonds. The van der Waals surface area contributed by atoms with Crippen molar-refractivity contribution in [3.05, 3.63) is 12.2 Å². The Hall–Kier alpha value is -1.68. The van der Waals surface area contributed by atoms with E-state index in [4.69, 9.17) is 30.5 Å². The van der Waals surface area contributed by atoms with Crippen LogP contribution in [0.5, 0.6) is 0 Å². The summed E-state index contributed by atoms with van der Waals surface area (Å²) in [5.41, 5.74) is -3.78. The zero-order chi connectivity index (χ0) is 25.4. The molecule has 1 spiro atoms. The number of carbonyl (C=O) groups excluding carboxylic acids is 3. The molecule has 0 aromatic carbocycles. The van der Waals surface area contributed by atoms with Gasteiger partial charge >= 0.3 is 17.9 Å². The van der Waals surface area contributed by atoms with Crippen molar-refractivity contribution in [3.63, 3.8) is 0 Å². The molecule has 0 aromatic rings. The lowest BCUT2D eigenvalue weighted by Crippen LogP contribution is -2.79. The third-order valence-electron chi connectivity index (χ3n) is 8.60. The summed E-state index contributed by atoms with van der Waals surface area (Å²) in [6.45, 7) is 11.5. The predicted molar refractivity (Wildman–Crippen MR) is 119 cm³/mol. The summed E-state index contributed by atoms with van der Waals surface area (Å²) in [7, 11) is 0. The Labute approximate surface area is 203 Å². The standard InChI is InChI=1S/C24H33ClO9/c1-10-7-8-15-22(5)16(31-12(3)26)9-14(28)23(6,30)18(22)20(32-13(4)27)24(34-15)11(2)21(29)33-19(24)17(10)25/h11,14-20,28,30H,1,7-9H2,2-6H3/t11-,14+,15+,16-,17-,18+,19-,20+,22+,23+,24-/m0/s1. The Kier molecular flexibility index (Phi) is 6.12. The number of fused-ring (bicyclic) bond motifs is 3. The smallest absolute Gasteiger partial charge is 0.312 e. The van der Waals surface area contributed by atoms with E-state index < -0.39 is 82.3 Å². The Balaban J connectivity index is 2.00. The molecule has 1 saturated carbocycles. The summed E-state index contributed by atoms with van der Waals surface area (Å²) < 4.78 is 24.0. The molecule has 10 heteroatoms.